The van der Waals surface area contributed by atoms with Gasteiger partial charge in [-0.15, -0.1) is 0 Å². The number of benzene rings is 2. The first-order chi connectivity index (χ1) is 13.3. The van der Waals surface area contributed by atoms with Crippen LogP contribution in [0.15, 0.2) is 42.1 Å². The molecule has 0 bridgehead atoms. The molecule has 1 amide bonds. The highest BCUT2D eigenvalue weighted by atomic mass is 127. The predicted molar refractivity (Wildman–Crippen MR) is 110 cm³/mol. The van der Waals surface area contributed by atoms with Gasteiger partial charge in [0.15, 0.2) is 11.5 Å². The second-order valence-electron chi connectivity index (χ2n) is 5.73. The third kappa shape index (κ3) is 6.22. The van der Waals surface area contributed by atoms with Gasteiger partial charge in [-0.3, -0.25) is 4.79 Å². The Labute approximate surface area is 175 Å². The van der Waals surface area contributed by atoms with Crippen LogP contribution in [0.5, 0.6) is 11.5 Å². The number of hydrogen-bond donors (Lipinski definition) is 2. The summed E-state index contributed by atoms with van der Waals surface area (Å²) in [5.41, 5.74) is 0.942. The van der Waals surface area contributed by atoms with Crippen molar-refractivity contribution < 1.29 is 28.6 Å². The minimum Gasteiger partial charge on any atom is -0.490 e. The summed E-state index contributed by atoms with van der Waals surface area (Å²) in [7, 11) is 0. The fourth-order valence-electron chi connectivity index (χ4n) is 2.36. The SMILES string of the molecule is CCOc1cc(C=C(NC(C)=O)C(=O)O)cc(I)c1OCc1cccc(F)c1. The molecule has 2 N–H and O–H groups in total. The Hall–Kier alpha value is -2.62. The molecule has 0 saturated carbocycles. The van der Waals surface area contributed by atoms with Gasteiger partial charge in [0, 0.05) is 6.92 Å². The quantitative estimate of drug-likeness (QED) is 0.424. The largest absolute Gasteiger partial charge is 0.490 e. The van der Waals surface area contributed by atoms with Crippen LogP contribution >= 0.6 is 22.6 Å². The van der Waals surface area contributed by atoms with E-state index in [1.54, 1.807) is 24.3 Å². The number of hydrogen-bond acceptors (Lipinski definition) is 4. The van der Waals surface area contributed by atoms with Gasteiger partial charge in [-0.2, -0.15) is 0 Å². The molecule has 0 spiro atoms. The number of carbonyl (C=O) groups is 2. The van der Waals surface area contributed by atoms with Crippen LogP contribution in [-0.4, -0.2) is 23.6 Å². The maximum atomic E-state index is 13.3. The minimum atomic E-state index is -1.26. The maximum absolute atomic E-state index is 13.3. The summed E-state index contributed by atoms with van der Waals surface area (Å²) in [5, 5.41) is 11.5. The molecule has 0 aliphatic carbocycles. The van der Waals surface area contributed by atoms with Crippen molar-refractivity contribution in [2.75, 3.05) is 6.61 Å². The molecule has 2 rings (SSSR count). The highest BCUT2D eigenvalue weighted by Gasteiger charge is 2.15. The zero-order valence-corrected chi connectivity index (χ0v) is 17.4. The summed E-state index contributed by atoms with van der Waals surface area (Å²) in [6.45, 7) is 3.56. The highest BCUT2D eigenvalue weighted by molar-refractivity contribution is 14.1. The van der Waals surface area contributed by atoms with E-state index in [4.69, 9.17) is 9.47 Å². The summed E-state index contributed by atoms with van der Waals surface area (Å²) in [5.74, 6) is -1.19. The standard InChI is InChI=1S/C20H19FINO5/c1-3-27-18-10-14(9-17(20(25)26)23-12(2)24)8-16(22)19(18)28-11-13-5-4-6-15(21)7-13/h4-10H,3,11H2,1-2H3,(H,23,24)(H,25,26). The zero-order valence-electron chi connectivity index (χ0n) is 15.3. The molecule has 0 radical (unpaired) electrons. The van der Waals surface area contributed by atoms with E-state index < -0.39 is 11.9 Å². The predicted octanol–water partition coefficient (Wildman–Crippen LogP) is 3.97. The highest BCUT2D eigenvalue weighted by Crippen LogP contribution is 2.35. The van der Waals surface area contributed by atoms with Crippen molar-refractivity contribution in [2.24, 2.45) is 0 Å². The van der Waals surface area contributed by atoms with Crippen LogP contribution in [0.3, 0.4) is 0 Å². The number of carbonyl (C=O) groups excluding carboxylic acids is 1. The summed E-state index contributed by atoms with van der Waals surface area (Å²) in [6, 6.07) is 9.42. The second kappa shape index (κ2) is 10.1. The Bertz CT molecular complexity index is 913. The summed E-state index contributed by atoms with van der Waals surface area (Å²) < 4.78 is 25.5. The Morgan fingerprint density at radius 2 is 2.00 bits per heavy atom. The van der Waals surface area contributed by atoms with Gasteiger partial charge in [0.25, 0.3) is 0 Å². The third-order valence-electron chi connectivity index (χ3n) is 3.46. The lowest BCUT2D eigenvalue weighted by Gasteiger charge is -2.15. The van der Waals surface area contributed by atoms with E-state index in [1.165, 1.54) is 25.1 Å². The second-order valence-corrected chi connectivity index (χ2v) is 6.89. The summed E-state index contributed by atoms with van der Waals surface area (Å²) in [6.07, 6.45) is 1.34. The normalized spacial score (nSPS) is 11.1. The average molecular weight is 499 g/mol. The van der Waals surface area contributed by atoms with E-state index in [0.717, 1.165) is 0 Å². The van der Waals surface area contributed by atoms with Crippen LogP contribution in [0, 0.1) is 9.39 Å². The fraction of sp³-hybridized carbons (Fsp3) is 0.200. The monoisotopic (exact) mass is 499 g/mol. The Kier molecular flexibility index (Phi) is 7.80. The fourth-order valence-corrected chi connectivity index (χ4v) is 3.15. The van der Waals surface area contributed by atoms with Gasteiger partial charge in [0.2, 0.25) is 5.91 Å². The van der Waals surface area contributed by atoms with Crippen LogP contribution in [0.1, 0.15) is 25.0 Å². The molecule has 2 aromatic rings. The van der Waals surface area contributed by atoms with Gasteiger partial charge in [-0.25, -0.2) is 9.18 Å². The van der Waals surface area contributed by atoms with Crippen molar-refractivity contribution in [3.8, 4) is 11.5 Å². The molecule has 28 heavy (non-hydrogen) atoms. The molecule has 0 unspecified atom stereocenters. The van der Waals surface area contributed by atoms with Gasteiger partial charge in [-0.1, -0.05) is 12.1 Å². The van der Waals surface area contributed by atoms with E-state index >= 15 is 0 Å². The Balaban J connectivity index is 2.34. The number of amides is 1. The maximum Gasteiger partial charge on any atom is 0.352 e. The van der Waals surface area contributed by atoms with Crippen LogP contribution in [0.4, 0.5) is 4.39 Å². The minimum absolute atomic E-state index is 0.148. The number of ether oxygens (including phenoxy) is 2. The van der Waals surface area contributed by atoms with Crippen molar-refractivity contribution in [3.05, 3.63) is 62.6 Å². The molecule has 0 heterocycles. The van der Waals surface area contributed by atoms with Crippen molar-refractivity contribution in [1.29, 1.82) is 0 Å². The van der Waals surface area contributed by atoms with Crippen molar-refractivity contribution in [2.45, 2.75) is 20.5 Å². The molecule has 148 valence electrons. The first-order valence-corrected chi connectivity index (χ1v) is 9.44. The topological polar surface area (TPSA) is 84.9 Å². The van der Waals surface area contributed by atoms with E-state index in [-0.39, 0.29) is 18.1 Å². The van der Waals surface area contributed by atoms with Crippen molar-refractivity contribution in [3.63, 3.8) is 0 Å². The van der Waals surface area contributed by atoms with Gasteiger partial charge < -0.3 is 19.9 Å². The smallest absolute Gasteiger partial charge is 0.352 e. The Morgan fingerprint density at radius 1 is 1.25 bits per heavy atom. The van der Waals surface area contributed by atoms with Crippen molar-refractivity contribution in [1.82, 2.24) is 5.32 Å². The summed E-state index contributed by atoms with van der Waals surface area (Å²) in [4.78, 5) is 22.5. The van der Waals surface area contributed by atoms with Gasteiger partial charge in [0.1, 0.15) is 18.1 Å². The molecule has 8 heteroatoms. The van der Waals surface area contributed by atoms with Gasteiger partial charge >= 0.3 is 5.97 Å². The molecule has 0 aliphatic rings. The third-order valence-corrected chi connectivity index (χ3v) is 4.26. The molecule has 0 saturated heterocycles. The molecule has 0 fully saturated rings. The molecule has 6 nitrogen and oxygen atoms in total. The zero-order chi connectivity index (χ0) is 20.7. The molecular weight excluding hydrogens is 480 g/mol. The van der Waals surface area contributed by atoms with Crippen LogP contribution in [-0.2, 0) is 16.2 Å². The summed E-state index contributed by atoms with van der Waals surface area (Å²) >= 11 is 2.05. The molecule has 2 aromatic carbocycles. The number of aliphatic carboxylic acids is 1. The van der Waals surface area contributed by atoms with Crippen LogP contribution in [0.25, 0.3) is 6.08 Å². The molecule has 0 aromatic heterocycles. The molecular formula is C20H19FINO5. The van der Waals surface area contributed by atoms with Gasteiger partial charge in [-0.05, 0) is 71.0 Å². The van der Waals surface area contributed by atoms with E-state index in [9.17, 15) is 19.1 Å². The average Bonchev–Trinajstić information content (AvgIpc) is 2.60. The molecule has 0 atom stereocenters. The van der Waals surface area contributed by atoms with E-state index in [1.807, 2.05) is 29.5 Å². The first-order valence-electron chi connectivity index (χ1n) is 8.36. The number of halogens is 2. The number of nitrogens with one attached hydrogen (secondary N) is 1. The lowest BCUT2D eigenvalue weighted by Crippen LogP contribution is -2.24. The first kappa shape index (κ1) is 21.7. The van der Waals surface area contributed by atoms with Crippen LogP contribution in [0.2, 0.25) is 0 Å². The van der Waals surface area contributed by atoms with Crippen LogP contribution < -0.4 is 14.8 Å². The molecule has 0 aliphatic heterocycles. The number of carboxylic acids is 1. The van der Waals surface area contributed by atoms with Crippen molar-refractivity contribution >= 4 is 40.5 Å². The Morgan fingerprint density at radius 3 is 2.61 bits per heavy atom. The lowest BCUT2D eigenvalue weighted by molar-refractivity contribution is -0.134. The van der Waals surface area contributed by atoms with E-state index in [2.05, 4.69) is 5.32 Å². The lowest BCUT2D eigenvalue weighted by atomic mass is 10.1. The number of rotatable bonds is 8. The van der Waals surface area contributed by atoms with Gasteiger partial charge in [0.05, 0.1) is 10.2 Å². The number of carboxylic acid groups (broad SMARTS) is 1. The van der Waals surface area contributed by atoms with E-state index in [0.29, 0.717) is 32.8 Å².